The standard InChI is InChI=1S/C13H19NO/c1-3-7-12-8-5-6-9-13(12)15-11-10-14-4-2/h3,5-6,8-9,14H,1,4,7,10-11H2,2H3. The van der Waals surface area contributed by atoms with Crippen LogP contribution in [0.4, 0.5) is 0 Å². The van der Waals surface area contributed by atoms with Crippen LogP contribution in [0.25, 0.3) is 0 Å². The summed E-state index contributed by atoms with van der Waals surface area (Å²) < 4.78 is 5.68. The minimum Gasteiger partial charge on any atom is -0.492 e. The van der Waals surface area contributed by atoms with Crippen LogP contribution in [0, 0.1) is 0 Å². The lowest BCUT2D eigenvalue weighted by Gasteiger charge is -2.10. The van der Waals surface area contributed by atoms with Crippen molar-refractivity contribution in [3.63, 3.8) is 0 Å². The van der Waals surface area contributed by atoms with Crippen molar-refractivity contribution in [2.75, 3.05) is 19.7 Å². The quantitative estimate of drug-likeness (QED) is 0.545. The molecule has 0 aromatic heterocycles. The van der Waals surface area contributed by atoms with Crippen LogP contribution in [-0.2, 0) is 6.42 Å². The second-order valence-corrected chi connectivity index (χ2v) is 3.30. The third kappa shape index (κ3) is 4.17. The highest BCUT2D eigenvalue weighted by Crippen LogP contribution is 2.18. The summed E-state index contributed by atoms with van der Waals surface area (Å²) in [6.07, 6.45) is 2.75. The Kier molecular flexibility index (Phi) is 5.56. The summed E-state index contributed by atoms with van der Waals surface area (Å²) in [6.45, 7) is 8.41. The second kappa shape index (κ2) is 7.07. The van der Waals surface area contributed by atoms with Gasteiger partial charge in [-0.05, 0) is 24.6 Å². The first kappa shape index (κ1) is 11.8. The van der Waals surface area contributed by atoms with Gasteiger partial charge >= 0.3 is 0 Å². The molecule has 0 aliphatic heterocycles. The number of hydrogen-bond donors (Lipinski definition) is 1. The van der Waals surface area contributed by atoms with Gasteiger partial charge in [0.15, 0.2) is 0 Å². The van der Waals surface area contributed by atoms with Crippen LogP contribution in [0.1, 0.15) is 12.5 Å². The van der Waals surface area contributed by atoms with Gasteiger partial charge in [-0.1, -0.05) is 31.2 Å². The molecule has 0 saturated carbocycles. The van der Waals surface area contributed by atoms with E-state index in [4.69, 9.17) is 4.74 Å². The van der Waals surface area contributed by atoms with E-state index < -0.39 is 0 Å². The van der Waals surface area contributed by atoms with Gasteiger partial charge in [0.2, 0.25) is 0 Å². The summed E-state index contributed by atoms with van der Waals surface area (Å²) in [7, 11) is 0. The number of likely N-dealkylation sites (N-methyl/N-ethyl adjacent to an activating group) is 1. The number of para-hydroxylation sites is 1. The van der Waals surface area contributed by atoms with Crippen molar-refractivity contribution in [2.45, 2.75) is 13.3 Å². The van der Waals surface area contributed by atoms with Gasteiger partial charge in [0.1, 0.15) is 12.4 Å². The predicted molar refractivity (Wildman–Crippen MR) is 64.4 cm³/mol. The molecule has 0 atom stereocenters. The zero-order valence-electron chi connectivity index (χ0n) is 9.33. The fraction of sp³-hybridized carbons (Fsp3) is 0.385. The number of nitrogens with one attached hydrogen (secondary N) is 1. The fourth-order valence-electron chi connectivity index (χ4n) is 1.38. The molecule has 0 bridgehead atoms. The molecule has 0 heterocycles. The molecule has 2 heteroatoms. The Morgan fingerprint density at radius 1 is 1.40 bits per heavy atom. The Morgan fingerprint density at radius 2 is 2.20 bits per heavy atom. The maximum absolute atomic E-state index is 5.68. The molecular formula is C13H19NO. The van der Waals surface area contributed by atoms with E-state index in [9.17, 15) is 0 Å². The van der Waals surface area contributed by atoms with Crippen LogP contribution in [-0.4, -0.2) is 19.7 Å². The Balaban J connectivity index is 2.47. The van der Waals surface area contributed by atoms with Gasteiger partial charge < -0.3 is 10.1 Å². The van der Waals surface area contributed by atoms with Gasteiger partial charge in [-0.2, -0.15) is 0 Å². The summed E-state index contributed by atoms with van der Waals surface area (Å²) in [5.74, 6) is 0.968. The Hall–Kier alpha value is -1.28. The van der Waals surface area contributed by atoms with E-state index in [-0.39, 0.29) is 0 Å². The maximum atomic E-state index is 5.68. The van der Waals surface area contributed by atoms with Crippen molar-refractivity contribution in [1.29, 1.82) is 0 Å². The van der Waals surface area contributed by atoms with Crippen molar-refractivity contribution >= 4 is 0 Å². The molecule has 0 aliphatic carbocycles. The average molecular weight is 205 g/mol. The van der Waals surface area contributed by atoms with Crippen molar-refractivity contribution in [3.05, 3.63) is 42.5 Å². The van der Waals surface area contributed by atoms with Gasteiger partial charge in [-0.15, -0.1) is 6.58 Å². The minimum atomic E-state index is 0.710. The van der Waals surface area contributed by atoms with E-state index in [1.807, 2.05) is 24.3 Å². The highest BCUT2D eigenvalue weighted by molar-refractivity contribution is 5.34. The molecule has 82 valence electrons. The summed E-state index contributed by atoms with van der Waals surface area (Å²) in [4.78, 5) is 0. The van der Waals surface area contributed by atoms with E-state index in [1.165, 1.54) is 5.56 Å². The first-order valence-electron chi connectivity index (χ1n) is 5.40. The van der Waals surface area contributed by atoms with E-state index >= 15 is 0 Å². The minimum absolute atomic E-state index is 0.710. The SMILES string of the molecule is C=CCc1ccccc1OCCNCC. The van der Waals surface area contributed by atoms with Gasteiger partial charge in [0.05, 0.1) is 0 Å². The van der Waals surface area contributed by atoms with Crippen LogP contribution in [0.2, 0.25) is 0 Å². The molecule has 1 aromatic carbocycles. The van der Waals surface area contributed by atoms with Crippen LogP contribution in [0.5, 0.6) is 5.75 Å². The highest BCUT2D eigenvalue weighted by Gasteiger charge is 1.99. The molecule has 0 unspecified atom stereocenters. The Bertz CT molecular complexity index is 296. The van der Waals surface area contributed by atoms with Crippen LogP contribution in [0.15, 0.2) is 36.9 Å². The molecule has 0 amide bonds. The van der Waals surface area contributed by atoms with Gasteiger partial charge in [0, 0.05) is 6.54 Å². The average Bonchev–Trinajstić information content (AvgIpc) is 2.27. The topological polar surface area (TPSA) is 21.3 Å². The normalized spacial score (nSPS) is 9.93. The maximum Gasteiger partial charge on any atom is 0.122 e. The summed E-state index contributed by atoms with van der Waals surface area (Å²) >= 11 is 0. The van der Waals surface area contributed by atoms with Gasteiger partial charge in [0.25, 0.3) is 0 Å². The molecule has 1 N–H and O–H groups in total. The van der Waals surface area contributed by atoms with Gasteiger partial charge in [-0.25, -0.2) is 0 Å². The van der Waals surface area contributed by atoms with Crippen LogP contribution >= 0.6 is 0 Å². The Morgan fingerprint density at radius 3 is 2.93 bits per heavy atom. The lowest BCUT2D eigenvalue weighted by Crippen LogP contribution is -2.20. The number of benzene rings is 1. The lowest BCUT2D eigenvalue weighted by molar-refractivity contribution is 0.313. The number of ether oxygens (including phenoxy) is 1. The Labute approximate surface area is 92.0 Å². The molecule has 0 saturated heterocycles. The molecule has 0 fully saturated rings. The highest BCUT2D eigenvalue weighted by atomic mass is 16.5. The third-order valence-electron chi connectivity index (χ3n) is 2.12. The van der Waals surface area contributed by atoms with E-state index in [2.05, 4.69) is 24.9 Å². The summed E-state index contributed by atoms with van der Waals surface area (Å²) in [5, 5.41) is 3.22. The molecule has 1 aromatic rings. The van der Waals surface area contributed by atoms with E-state index in [1.54, 1.807) is 0 Å². The first-order chi connectivity index (χ1) is 7.38. The van der Waals surface area contributed by atoms with E-state index in [0.717, 1.165) is 25.3 Å². The van der Waals surface area contributed by atoms with Crippen molar-refractivity contribution in [1.82, 2.24) is 5.32 Å². The molecule has 0 aliphatic rings. The van der Waals surface area contributed by atoms with Crippen molar-refractivity contribution < 1.29 is 4.74 Å². The smallest absolute Gasteiger partial charge is 0.122 e. The van der Waals surface area contributed by atoms with Gasteiger partial charge in [-0.3, -0.25) is 0 Å². The molecule has 15 heavy (non-hydrogen) atoms. The zero-order valence-corrected chi connectivity index (χ0v) is 9.33. The molecular weight excluding hydrogens is 186 g/mol. The summed E-state index contributed by atoms with van der Waals surface area (Å²) in [6, 6.07) is 8.10. The predicted octanol–water partition coefficient (Wildman–Crippen LogP) is 2.40. The van der Waals surface area contributed by atoms with Crippen molar-refractivity contribution in [3.8, 4) is 5.75 Å². The van der Waals surface area contributed by atoms with Crippen molar-refractivity contribution in [2.24, 2.45) is 0 Å². The van der Waals surface area contributed by atoms with E-state index in [0.29, 0.717) is 6.61 Å². The first-order valence-corrected chi connectivity index (χ1v) is 5.40. The second-order valence-electron chi connectivity index (χ2n) is 3.30. The molecule has 0 spiro atoms. The third-order valence-corrected chi connectivity index (χ3v) is 2.12. The van der Waals surface area contributed by atoms with Crippen LogP contribution < -0.4 is 10.1 Å². The number of allylic oxidation sites excluding steroid dienone is 1. The zero-order chi connectivity index (χ0) is 10.9. The monoisotopic (exact) mass is 205 g/mol. The number of rotatable bonds is 7. The fourth-order valence-corrected chi connectivity index (χ4v) is 1.38. The molecule has 0 radical (unpaired) electrons. The number of hydrogen-bond acceptors (Lipinski definition) is 2. The lowest BCUT2D eigenvalue weighted by atomic mass is 10.1. The largest absolute Gasteiger partial charge is 0.492 e. The van der Waals surface area contributed by atoms with Crippen LogP contribution in [0.3, 0.4) is 0 Å². The molecule has 2 nitrogen and oxygen atoms in total. The summed E-state index contributed by atoms with van der Waals surface area (Å²) in [5.41, 5.74) is 1.20. The molecule has 1 rings (SSSR count).